The van der Waals surface area contributed by atoms with Gasteiger partial charge in [0, 0.05) is 15.7 Å². The zero-order valence-corrected chi connectivity index (χ0v) is 11.6. The molecule has 1 N–H and O–H groups in total. The highest BCUT2D eigenvalue weighted by molar-refractivity contribution is 9.10. The second-order valence-electron chi connectivity index (χ2n) is 3.96. The molecule has 0 fully saturated rings. The van der Waals surface area contributed by atoms with Crippen LogP contribution in [0.2, 0.25) is 0 Å². The molecule has 1 heterocycles. The first-order valence-corrected chi connectivity index (χ1v) is 6.41. The van der Waals surface area contributed by atoms with E-state index in [1.54, 1.807) is 12.1 Å². The summed E-state index contributed by atoms with van der Waals surface area (Å²) < 4.78 is 0.958. The van der Waals surface area contributed by atoms with Crippen LogP contribution < -0.4 is 5.32 Å². The molecule has 0 unspecified atom stereocenters. The van der Waals surface area contributed by atoms with E-state index < -0.39 is 0 Å². The normalized spacial score (nSPS) is 10.1. The smallest absolute Gasteiger partial charge is 0.251 e. The summed E-state index contributed by atoms with van der Waals surface area (Å²) in [6, 6.07) is 13.0. The van der Waals surface area contributed by atoms with Gasteiger partial charge in [0.1, 0.15) is 0 Å². The molecule has 0 atom stereocenters. The molecule has 0 saturated heterocycles. The number of aryl methyl sites for hydroxylation is 1. The Kier molecular flexibility index (Phi) is 4.10. The standard InChI is InChI=1S/C14H13BrN2O/c1-10-3-2-4-13(17-10)9-16-14(18)11-5-7-12(15)8-6-11/h2-8H,9H2,1H3,(H,16,18). The van der Waals surface area contributed by atoms with Crippen LogP contribution >= 0.6 is 15.9 Å². The van der Waals surface area contributed by atoms with Gasteiger partial charge in [-0.25, -0.2) is 0 Å². The van der Waals surface area contributed by atoms with Crippen molar-refractivity contribution in [1.29, 1.82) is 0 Å². The van der Waals surface area contributed by atoms with E-state index in [0.717, 1.165) is 15.9 Å². The van der Waals surface area contributed by atoms with Gasteiger partial charge in [-0.15, -0.1) is 0 Å². The van der Waals surface area contributed by atoms with Gasteiger partial charge in [0.05, 0.1) is 12.2 Å². The van der Waals surface area contributed by atoms with Crippen LogP contribution in [-0.2, 0) is 6.54 Å². The van der Waals surface area contributed by atoms with Crippen LogP contribution in [0.3, 0.4) is 0 Å². The molecule has 0 bridgehead atoms. The molecule has 18 heavy (non-hydrogen) atoms. The maximum absolute atomic E-state index is 11.9. The number of hydrogen-bond donors (Lipinski definition) is 1. The second kappa shape index (κ2) is 5.78. The van der Waals surface area contributed by atoms with E-state index in [0.29, 0.717) is 12.1 Å². The van der Waals surface area contributed by atoms with Crippen LogP contribution in [0.15, 0.2) is 46.9 Å². The van der Waals surface area contributed by atoms with Gasteiger partial charge < -0.3 is 5.32 Å². The molecule has 1 aromatic heterocycles. The molecule has 0 aliphatic carbocycles. The summed E-state index contributed by atoms with van der Waals surface area (Å²) in [6.07, 6.45) is 0. The minimum absolute atomic E-state index is 0.0918. The summed E-state index contributed by atoms with van der Waals surface area (Å²) in [5.74, 6) is -0.0918. The summed E-state index contributed by atoms with van der Waals surface area (Å²) in [5.41, 5.74) is 2.46. The van der Waals surface area contributed by atoms with Gasteiger partial charge in [-0.3, -0.25) is 9.78 Å². The largest absolute Gasteiger partial charge is 0.346 e. The maximum atomic E-state index is 11.9. The van der Waals surface area contributed by atoms with Gasteiger partial charge >= 0.3 is 0 Å². The fourth-order valence-corrected chi connectivity index (χ4v) is 1.84. The summed E-state index contributed by atoms with van der Waals surface area (Å²) in [5, 5.41) is 2.85. The number of aromatic nitrogens is 1. The number of rotatable bonds is 3. The third-order valence-electron chi connectivity index (χ3n) is 2.48. The molecule has 2 rings (SSSR count). The van der Waals surface area contributed by atoms with Crippen molar-refractivity contribution in [2.24, 2.45) is 0 Å². The zero-order valence-electron chi connectivity index (χ0n) is 9.98. The summed E-state index contributed by atoms with van der Waals surface area (Å²) >= 11 is 3.34. The Morgan fingerprint density at radius 1 is 1.22 bits per heavy atom. The molecule has 0 aliphatic heterocycles. The quantitative estimate of drug-likeness (QED) is 0.947. The minimum atomic E-state index is -0.0918. The number of pyridine rings is 1. The molecule has 0 spiro atoms. The Balaban J connectivity index is 1.98. The van der Waals surface area contributed by atoms with Gasteiger partial charge in [-0.05, 0) is 43.3 Å². The first-order valence-electron chi connectivity index (χ1n) is 5.61. The van der Waals surface area contributed by atoms with Crippen molar-refractivity contribution in [2.45, 2.75) is 13.5 Å². The van der Waals surface area contributed by atoms with Gasteiger partial charge in [0.25, 0.3) is 5.91 Å². The third kappa shape index (κ3) is 3.40. The Bertz CT molecular complexity index is 552. The van der Waals surface area contributed by atoms with E-state index in [1.807, 2.05) is 37.3 Å². The van der Waals surface area contributed by atoms with E-state index in [1.165, 1.54) is 0 Å². The zero-order chi connectivity index (χ0) is 13.0. The van der Waals surface area contributed by atoms with Gasteiger partial charge in [0.2, 0.25) is 0 Å². The molecule has 2 aromatic rings. The van der Waals surface area contributed by atoms with Gasteiger partial charge in [-0.1, -0.05) is 22.0 Å². The van der Waals surface area contributed by atoms with Crippen LogP contribution in [-0.4, -0.2) is 10.9 Å². The number of carbonyl (C=O) groups is 1. The molecule has 1 amide bonds. The number of carbonyl (C=O) groups excluding carboxylic acids is 1. The molecule has 3 nitrogen and oxygen atoms in total. The van der Waals surface area contributed by atoms with Crippen molar-refractivity contribution in [1.82, 2.24) is 10.3 Å². The lowest BCUT2D eigenvalue weighted by atomic mass is 10.2. The van der Waals surface area contributed by atoms with Crippen molar-refractivity contribution in [3.05, 3.63) is 63.9 Å². The lowest BCUT2D eigenvalue weighted by molar-refractivity contribution is 0.0950. The number of amides is 1. The molecule has 1 aromatic carbocycles. The summed E-state index contributed by atoms with van der Waals surface area (Å²) in [7, 11) is 0. The summed E-state index contributed by atoms with van der Waals surface area (Å²) in [4.78, 5) is 16.2. The van der Waals surface area contributed by atoms with Crippen LogP contribution in [0.5, 0.6) is 0 Å². The molecular weight excluding hydrogens is 292 g/mol. The third-order valence-corrected chi connectivity index (χ3v) is 3.01. The highest BCUT2D eigenvalue weighted by Crippen LogP contribution is 2.10. The predicted octanol–water partition coefficient (Wildman–Crippen LogP) is 3.08. The van der Waals surface area contributed by atoms with Crippen molar-refractivity contribution in [2.75, 3.05) is 0 Å². The Morgan fingerprint density at radius 3 is 2.61 bits per heavy atom. The van der Waals surface area contributed by atoms with Crippen LogP contribution in [0.25, 0.3) is 0 Å². The van der Waals surface area contributed by atoms with Gasteiger partial charge in [-0.2, -0.15) is 0 Å². The molecule has 92 valence electrons. The highest BCUT2D eigenvalue weighted by atomic mass is 79.9. The van der Waals surface area contributed by atoms with Crippen LogP contribution in [0, 0.1) is 6.92 Å². The highest BCUT2D eigenvalue weighted by Gasteiger charge is 2.05. The molecular formula is C14H13BrN2O. The van der Waals surface area contributed by atoms with E-state index in [2.05, 4.69) is 26.2 Å². The molecule has 0 radical (unpaired) electrons. The van der Waals surface area contributed by atoms with Crippen molar-refractivity contribution in [3.63, 3.8) is 0 Å². The van der Waals surface area contributed by atoms with Crippen molar-refractivity contribution in [3.8, 4) is 0 Å². The monoisotopic (exact) mass is 304 g/mol. The predicted molar refractivity (Wildman–Crippen MR) is 74.3 cm³/mol. The van der Waals surface area contributed by atoms with E-state index in [4.69, 9.17) is 0 Å². The number of nitrogens with zero attached hydrogens (tertiary/aromatic N) is 1. The average Bonchev–Trinajstić information content (AvgIpc) is 2.37. The number of hydrogen-bond acceptors (Lipinski definition) is 2. The Morgan fingerprint density at radius 2 is 1.94 bits per heavy atom. The maximum Gasteiger partial charge on any atom is 0.251 e. The fraction of sp³-hybridized carbons (Fsp3) is 0.143. The Hall–Kier alpha value is -1.68. The topological polar surface area (TPSA) is 42.0 Å². The van der Waals surface area contributed by atoms with E-state index in [9.17, 15) is 4.79 Å². The fourth-order valence-electron chi connectivity index (χ4n) is 1.57. The summed E-state index contributed by atoms with van der Waals surface area (Å²) in [6.45, 7) is 2.37. The van der Waals surface area contributed by atoms with Crippen molar-refractivity contribution >= 4 is 21.8 Å². The molecule has 4 heteroatoms. The van der Waals surface area contributed by atoms with Gasteiger partial charge in [0.15, 0.2) is 0 Å². The van der Waals surface area contributed by atoms with E-state index in [-0.39, 0.29) is 5.91 Å². The average molecular weight is 305 g/mol. The minimum Gasteiger partial charge on any atom is -0.346 e. The van der Waals surface area contributed by atoms with Crippen molar-refractivity contribution < 1.29 is 4.79 Å². The molecule has 0 aliphatic rings. The SMILES string of the molecule is Cc1cccc(CNC(=O)c2ccc(Br)cc2)n1. The number of halogens is 1. The number of benzene rings is 1. The van der Waals surface area contributed by atoms with E-state index >= 15 is 0 Å². The van der Waals surface area contributed by atoms with Crippen LogP contribution in [0.1, 0.15) is 21.7 Å². The number of nitrogens with one attached hydrogen (secondary N) is 1. The van der Waals surface area contributed by atoms with Crippen LogP contribution in [0.4, 0.5) is 0 Å². The first kappa shape index (κ1) is 12.8. The first-order chi connectivity index (χ1) is 8.65. The second-order valence-corrected chi connectivity index (χ2v) is 4.88. The lowest BCUT2D eigenvalue weighted by Crippen LogP contribution is -2.23. The lowest BCUT2D eigenvalue weighted by Gasteiger charge is -2.05. The Labute approximate surface area is 114 Å². The molecule has 0 saturated carbocycles.